The van der Waals surface area contributed by atoms with Crippen molar-refractivity contribution in [2.24, 2.45) is 11.3 Å². The molecule has 14 heavy (non-hydrogen) atoms. The van der Waals surface area contributed by atoms with Gasteiger partial charge in [0.2, 0.25) is 0 Å². The van der Waals surface area contributed by atoms with E-state index in [9.17, 15) is 0 Å². The van der Waals surface area contributed by atoms with E-state index >= 15 is 0 Å². The number of rotatable bonds is 1. The molecule has 2 rings (SSSR count). The van der Waals surface area contributed by atoms with E-state index in [2.05, 4.69) is 39.9 Å². The third-order valence-corrected chi connectivity index (χ3v) is 3.87. The lowest BCUT2D eigenvalue weighted by molar-refractivity contribution is 0.0511. The average Bonchev–Trinajstić information content (AvgIpc) is 2.53. The smallest absolute Gasteiger partial charge is 0.0191 e. The molecule has 0 radical (unpaired) electrons. The summed E-state index contributed by atoms with van der Waals surface area (Å²) in [5.74, 6) is 0.946. The van der Waals surface area contributed by atoms with Gasteiger partial charge in [0.1, 0.15) is 0 Å². The highest BCUT2D eigenvalue weighted by molar-refractivity contribution is 5.08. The lowest BCUT2D eigenvalue weighted by atomic mass is 9.66. The Morgan fingerprint density at radius 2 is 1.50 bits per heavy atom. The highest BCUT2D eigenvalue weighted by Crippen LogP contribution is 2.50. The van der Waals surface area contributed by atoms with Gasteiger partial charge in [0, 0.05) is 11.1 Å². The molecule has 2 fully saturated rings. The third kappa shape index (κ3) is 1.98. The number of hydrogen-bond acceptors (Lipinski definition) is 1. The van der Waals surface area contributed by atoms with Crippen molar-refractivity contribution in [2.75, 3.05) is 0 Å². The van der Waals surface area contributed by atoms with Gasteiger partial charge in [-0.25, -0.2) is 0 Å². The minimum absolute atomic E-state index is 0.319. The second kappa shape index (κ2) is 2.75. The van der Waals surface area contributed by atoms with Crippen molar-refractivity contribution in [1.29, 1.82) is 0 Å². The quantitative estimate of drug-likeness (QED) is 0.676. The van der Waals surface area contributed by atoms with E-state index in [0.717, 1.165) is 5.92 Å². The summed E-state index contributed by atoms with van der Waals surface area (Å²) in [7, 11) is 0. The Morgan fingerprint density at radius 3 is 1.93 bits per heavy atom. The van der Waals surface area contributed by atoms with E-state index in [-0.39, 0.29) is 0 Å². The van der Waals surface area contributed by atoms with Gasteiger partial charge in [0.15, 0.2) is 0 Å². The standard InChI is InChI=1S/C13H25N/c1-11(2)8-12(3,4)14-13(5,9-11)10-6-7-10/h10,14H,6-9H2,1-5H3. The monoisotopic (exact) mass is 195 g/mol. The number of nitrogens with one attached hydrogen (secondary N) is 1. The van der Waals surface area contributed by atoms with Crippen molar-refractivity contribution in [3.8, 4) is 0 Å². The summed E-state index contributed by atoms with van der Waals surface area (Å²) >= 11 is 0. The molecule has 1 nitrogen and oxygen atoms in total. The lowest BCUT2D eigenvalue weighted by Gasteiger charge is -2.52. The highest BCUT2D eigenvalue weighted by atomic mass is 15.1. The van der Waals surface area contributed by atoms with E-state index in [1.54, 1.807) is 0 Å². The normalized spacial score (nSPS) is 40.9. The van der Waals surface area contributed by atoms with Gasteiger partial charge < -0.3 is 5.32 Å². The Morgan fingerprint density at radius 1 is 0.929 bits per heavy atom. The Labute approximate surface area is 88.7 Å². The molecule has 0 spiro atoms. The van der Waals surface area contributed by atoms with Crippen LogP contribution in [0.5, 0.6) is 0 Å². The first kappa shape index (κ1) is 10.5. The zero-order valence-corrected chi connectivity index (χ0v) is 10.4. The van der Waals surface area contributed by atoms with Gasteiger partial charge in [-0.15, -0.1) is 0 Å². The van der Waals surface area contributed by atoms with Crippen molar-refractivity contribution in [2.45, 2.75) is 71.4 Å². The SMILES string of the molecule is CC1(C)CC(C)(C)NC(C)(C2CC2)C1. The Kier molecular flexibility index (Phi) is 2.06. The van der Waals surface area contributed by atoms with Crippen LogP contribution in [-0.4, -0.2) is 11.1 Å². The fourth-order valence-corrected chi connectivity index (χ4v) is 4.08. The van der Waals surface area contributed by atoms with Gasteiger partial charge >= 0.3 is 0 Å². The largest absolute Gasteiger partial charge is 0.306 e. The van der Waals surface area contributed by atoms with Gasteiger partial charge in [-0.2, -0.15) is 0 Å². The van der Waals surface area contributed by atoms with Crippen LogP contribution in [0.4, 0.5) is 0 Å². The van der Waals surface area contributed by atoms with Crippen molar-refractivity contribution in [1.82, 2.24) is 5.32 Å². The van der Waals surface area contributed by atoms with Gasteiger partial charge in [-0.3, -0.25) is 0 Å². The van der Waals surface area contributed by atoms with Gasteiger partial charge in [0.05, 0.1) is 0 Å². The Balaban J connectivity index is 2.19. The summed E-state index contributed by atoms with van der Waals surface area (Å²) < 4.78 is 0. The molecule has 0 aromatic carbocycles. The number of hydrogen-bond donors (Lipinski definition) is 1. The lowest BCUT2D eigenvalue weighted by Crippen LogP contribution is -2.62. The summed E-state index contributed by atoms with van der Waals surface area (Å²) in [5, 5.41) is 3.89. The molecule has 1 aliphatic heterocycles. The molecule has 1 N–H and O–H groups in total. The van der Waals surface area contributed by atoms with Crippen molar-refractivity contribution in [3.63, 3.8) is 0 Å². The van der Waals surface area contributed by atoms with Crippen LogP contribution < -0.4 is 5.32 Å². The minimum atomic E-state index is 0.319. The fraction of sp³-hybridized carbons (Fsp3) is 1.00. The van der Waals surface area contributed by atoms with Crippen LogP contribution in [0.1, 0.15) is 60.3 Å². The highest BCUT2D eigenvalue weighted by Gasteiger charge is 2.50. The molecule has 0 aromatic heterocycles. The predicted molar refractivity (Wildman–Crippen MR) is 61.4 cm³/mol. The van der Waals surface area contributed by atoms with Gasteiger partial charge in [0.25, 0.3) is 0 Å². The van der Waals surface area contributed by atoms with E-state index in [0.29, 0.717) is 16.5 Å². The van der Waals surface area contributed by atoms with Gasteiger partial charge in [-0.05, 0) is 57.8 Å². The molecule has 1 saturated heterocycles. The van der Waals surface area contributed by atoms with Crippen molar-refractivity contribution >= 4 is 0 Å². The first-order chi connectivity index (χ1) is 6.23. The third-order valence-electron chi connectivity index (χ3n) is 3.87. The summed E-state index contributed by atoms with van der Waals surface area (Å²) in [5.41, 5.74) is 1.23. The zero-order chi connectivity index (χ0) is 10.6. The molecule has 1 heterocycles. The van der Waals surface area contributed by atoms with Crippen molar-refractivity contribution in [3.05, 3.63) is 0 Å². The van der Waals surface area contributed by atoms with Crippen LogP contribution in [-0.2, 0) is 0 Å². The van der Waals surface area contributed by atoms with Gasteiger partial charge in [-0.1, -0.05) is 13.8 Å². The molecule has 0 aromatic rings. The van der Waals surface area contributed by atoms with Crippen LogP contribution in [0.2, 0.25) is 0 Å². The summed E-state index contributed by atoms with van der Waals surface area (Å²) in [6.45, 7) is 12.0. The summed E-state index contributed by atoms with van der Waals surface area (Å²) in [4.78, 5) is 0. The Bertz CT molecular complexity index is 220. The van der Waals surface area contributed by atoms with E-state index < -0.39 is 0 Å². The molecular weight excluding hydrogens is 170 g/mol. The number of piperidine rings is 1. The molecule has 1 unspecified atom stereocenters. The topological polar surface area (TPSA) is 12.0 Å². The van der Waals surface area contributed by atoms with Crippen LogP contribution in [0.15, 0.2) is 0 Å². The molecular formula is C13H25N. The Hall–Kier alpha value is -0.0400. The van der Waals surface area contributed by atoms with E-state index in [4.69, 9.17) is 0 Å². The molecule has 1 saturated carbocycles. The summed E-state index contributed by atoms with van der Waals surface area (Å²) in [6.07, 6.45) is 5.52. The molecule has 1 heteroatoms. The molecule has 0 amide bonds. The first-order valence-corrected chi connectivity index (χ1v) is 6.02. The maximum absolute atomic E-state index is 3.89. The summed E-state index contributed by atoms with van der Waals surface area (Å²) in [6, 6.07) is 0. The fourth-order valence-electron chi connectivity index (χ4n) is 4.08. The molecule has 1 atom stereocenters. The molecule has 2 aliphatic rings. The van der Waals surface area contributed by atoms with E-state index in [1.165, 1.54) is 25.7 Å². The van der Waals surface area contributed by atoms with Crippen molar-refractivity contribution < 1.29 is 0 Å². The second-order valence-corrected chi connectivity index (χ2v) is 7.22. The average molecular weight is 195 g/mol. The molecule has 82 valence electrons. The van der Waals surface area contributed by atoms with Crippen LogP contribution in [0.25, 0.3) is 0 Å². The molecule has 0 bridgehead atoms. The van der Waals surface area contributed by atoms with Crippen LogP contribution in [0, 0.1) is 11.3 Å². The zero-order valence-electron chi connectivity index (χ0n) is 10.4. The van der Waals surface area contributed by atoms with Crippen LogP contribution >= 0.6 is 0 Å². The van der Waals surface area contributed by atoms with E-state index in [1.807, 2.05) is 0 Å². The maximum Gasteiger partial charge on any atom is 0.0191 e. The maximum atomic E-state index is 3.89. The second-order valence-electron chi connectivity index (χ2n) is 7.22. The molecule has 1 aliphatic carbocycles. The minimum Gasteiger partial charge on any atom is -0.306 e. The predicted octanol–water partition coefficient (Wildman–Crippen LogP) is 3.34. The first-order valence-electron chi connectivity index (χ1n) is 6.02. The van der Waals surface area contributed by atoms with Crippen LogP contribution in [0.3, 0.4) is 0 Å².